The van der Waals surface area contributed by atoms with Crippen molar-refractivity contribution in [3.05, 3.63) is 65.7 Å². The van der Waals surface area contributed by atoms with Crippen LogP contribution in [-0.2, 0) is 13.2 Å². The molecular formula is C20H26N2O3. The first-order valence-corrected chi connectivity index (χ1v) is 8.61. The van der Waals surface area contributed by atoms with Gasteiger partial charge in [-0.1, -0.05) is 55.3 Å². The quantitative estimate of drug-likeness (QED) is 0.743. The fraction of sp³-hybridized carbons (Fsp3) is 0.350. The number of hydrogen-bond donors (Lipinski definition) is 3. The summed E-state index contributed by atoms with van der Waals surface area (Å²) in [6, 6.07) is 19.4. The molecule has 1 amide bonds. The van der Waals surface area contributed by atoms with Crippen LogP contribution in [-0.4, -0.2) is 17.2 Å². The van der Waals surface area contributed by atoms with Crippen LogP contribution < -0.4 is 15.8 Å². The number of primary amides is 1. The lowest BCUT2D eigenvalue weighted by Crippen LogP contribution is -2.25. The predicted octanol–water partition coefficient (Wildman–Crippen LogP) is 3.92. The van der Waals surface area contributed by atoms with Gasteiger partial charge in [0, 0.05) is 12.6 Å². The van der Waals surface area contributed by atoms with Gasteiger partial charge in [0.05, 0.1) is 0 Å². The smallest absolute Gasteiger partial charge is 0.402 e. The van der Waals surface area contributed by atoms with Crippen molar-refractivity contribution in [2.24, 2.45) is 5.73 Å². The Bertz CT molecular complexity index is 636. The minimum Gasteiger partial charge on any atom is -0.489 e. The van der Waals surface area contributed by atoms with Crippen molar-refractivity contribution in [1.29, 1.82) is 0 Å². The molecule has 5 nitrogen and oxygen atoms in total. The Labute approximate surface area is 148 Å². The normalized spacial score (nSPS) is 13.8. The number of carbonyl (C=O) groups is 1. The number of hydrogen-bond acceptors (Lipinski definition) is 3. The van der Waals surface area contributed by atoms with Gasteiger partial charge in [0.15, 0.2) is 0 Å². The number of ether oxygens (including phenoxy) is 1. The molecule has 0 bridgehead atoms. The Morgan fingerprint density at radius 1 is 1.08 bits per heavy atom. The van der Waals surface area contributed by atoms with Crippen molar-refractivity contribution < 1.29 is 14.6 Å². The van der Waals surface area contributed by atoms with Crippen molar-refractivity contribution in [2.75, 3.05) is 0 Å². The zero-order valence-electron chi connectivity index (χ0n) is 14.4. The molecule has 0 spiro atoms. The van der Waals surface area contributed by atoms with Crippen LogP contribution in [0.25, 0.3) is 0 Å². The summed E-state index contributed by atoms with van der Waals surface area (Å²) in [7, 11) is 0. The first-order valence-electron chi connectivity index (χ1n) is 8.61. The highest BCUT2D eigenvalue weighted by molar-refractivity contribution is 5.61. The summed E-state index contributed by atoms with van der Waals surface area (Å²) in [6.07, 6.45) is 4.06. The molecule has 0 unspecified atom stereocenters. The molecule has 1 fully saturated rings. The lowest BCUT2D eigenvalue weighted by molar-refractivity contribution is 0.205. The number of rotatable bonds is 6. The third kappa shape index (κ3) is 7.72. The topological polar surface area (TPSA) is 84.6 Å². The Kier molecular flexibility index (Phi) is 7.79. The minimum atomic E-state index is -1.33. The summed E-state index contributed by atoms with van der Waals surface area (Å²) in [6.45, 7) is 1.56. The third-order valence-corrected chi connectivity index (χ3v) is 4.10. The van der Waals surface area contributed by atoms with Gasteiger partial charge in [-0.2, -0.15) is 0 Å². The molecule has 3 rings (SSSR count). The highest BCUT2D eigenvalue weighted by Crippen LogP contribution is 2.19. The maximum absolute atomic E-state index is 8.78. The maximum Gasteiger partial charge on any atom is 0.402 e. The minimum absolute atomic E-state index is 0.625. The van der Waals surface area contributed by atoms with Crippen molar-refractivity contribution in [3.63, 3.8) is 0 Å². The molecule has 1 aliphatic rings. The molecule has 0 atom stereocenters. The summed E-state index contributed by atoms with van der Waals surface area (Å²) >= 11 is 0. The van der Waals surface area contributed by atoms with Crippen molar-refractivity contribution in [2.45, 2.75) is 44.9 Å². The number of nitrogens with one attached hydrogen (secondary N) is 1. The van der Waals surface area contributed by atoms with Gasteiger partial charge in [0.2, 0.25) is 0 Å². The van der Waals surface area contributed by atoms with Gasteiger partial charge >= 0.3 is 6.09 Å². The van der Waals surface area contributed by atoms with Gasteiger partial charge in [-0.15, -0.1) is 0 Å². The molecule has 0 aliphatic heterocycles. The van der Waals surface area contributed by atoms with E-state index in [9.17, 15) is 0 Å². The molecule has 25 heavy (non-hydrogen) atoms. The van der Waals surface area contributed by atoms with Gasteiger partial charge in [0.1, 0.15) is 12.4 Å². The van der Waals surface area contributed by atoms with E-state index in [4.69, 9.17) is 14.6 Å². The second-order valence-corrected chi connectivity index (χ2v) is 6.12. The van der Waals surface area contributed by atoms with Crippen LogP contribution in [0.3, 0.4) is 0 Å². The van der Waals surface area contributed by atoms with Crippen LogP contribution in [0.2, 0.25) is 0 Å². The average Bonchev–Trinajstić information content (AvgIpc) is 3.13. The van der Waals surface area contributed by atoms with Crippen LogP contribution >= 0.6 is 0 Å². The molecular weight excluding hydrogens is 316 g/mol. The monoisotopic (exact) mass is 342 g/mol. The average molecular weight is 342 g/mol. The van der Waals surface area contributed by atoms with E-state index >= 15 is 0 Å². The van der Waals surface area contributed by atoms with E-state index in [2.05, 4.69) is 41.4 Å². The molecule has 0 saturated heterocycles. The number of carboxylic acid groups (broad SMARTS) is 1. The first kappa shape index (κ1) is 18.8. The second kappa shape index (κ2) is 10.4. The van der Waals surface area contributed by atoms with E-state index in [1.807, 2.05) is 24.3 Å². The molecule has 134 valence electrons. The van der Waals surface area contributed by atoms with Gasteiger partial charge in [-0.05, 0) is 36.1 Å². The molecule has 0 heterocycles. The zero-order chi connectivity index (χ0) is 17.9. The fourth-order valence-corrected chi connectivity index (χ4v) is 2.88. The fourth-order valence-electron chi connectivity index (χ4n) is 2.88. The molecule has 1 saturated carbocycles. The van der Waals surface area contributed by atoms with Crippen LogP contribution in [0.15, 0.2) is 54.6 Å². The van der Waals surface area contributed by atoms with E-state index in [-0.39, 0.29) is 0 Å². The molecule has 5 heteroatoms. The van der Waals surface area contributed by atoms with E-state index in [0.29, 0.717) is 12.6 Å². The number of amides is 1. The summed E-state index contributed by atoms with van der Waals surface area (Å²) in [5, 5.41) is 10.8. The predicted molar refractivity (Wildman–Crippen MR) is 98.5 cm³/mol. The van der Waals surface area contributed by atoms with Crippen molar-refractivity contribution in [1.82, 2.24) is 5.32 Å². The first-order chi connectivity index (χ1) is 12.1. The summed E-state index contributed by atoms with van der Waals surface area (Å²) in [5.41, 5.74) is 6.53. The Hall–Kier alpha value is -2.53. The van der Waals surface area contributed by atoms with Gasteiger partial charge in [-0.3, -0.25) is 0 Å². The molecule has 0 aromatic heterocycles. The molecule has 0 radical (unpaired) electrons. The highest BCUT2D eigenvalue weighted by atomic mass is 16.5. The highest BCUT2D eigenvalue weighted by Gasteiger charge is 2.13. The second-order valence-electron chi connectivity index (χ2n) is 6.12. The maximum atomic E-state index is 8.78. The number of nitrogens with two attached hydrogens (primary N) is 1. The van der Waals surface area contributed by atoms with E-state index in [1.54, 1.807) is 0 Å². The van der Waals surface area contributed by atoms with Crippen LogP contribution in [0.4, 0.5) is 4.79 Å². The Morgan fingerprint density at radius 2 is 1.72 bits per heavy atom. The van der Waals surface area contributed by atoms with Crippen LogP contribution in [0.1, 0.15) is 36.8 Å². The van der Waals surface area contributed by atoms with E-state index in [1.165, 1.54) is 36.8 Å². The SMILES string of the molecule is NC(=O)O.c1ccc(COc2cccc(CNC3CCCC3)c2)cc1. The zero-order valence-corrected chi connectivity index (χ0v) is 14.4. The standard InChI is InChI=1S/C19H23NO.CH3NO2/c1-2-7-16(8-3-1)15-21-19-12-6-9-17(13-19)14-20-18-10-4-5-11-18;2-1(3)4/h1-3,6-9,12-13,18,20H,4-5,10-11,14-15H2;2H2,(H,3,4). The molecule has 2 aromatic carbocycles. The molecule has 2 aromatic rings. The van der Waals surface area contributed by atoms with Crippen LogP contribution in [0, 0.1) is 0 Å². The molecule has 4 N–H and O–H groups in total. The third-order valence-electron chi connectivity index (χ3n) is 4.10. The number of benzene rings is 2. The summed E-state index contributed by atoms with van der Waals surface area (Å²) in [5.74, 6) is 0.949. The van der Waals surface area contributed by atoms with E-state index < -0.39 is 6.09 Å². The van der Waals surface area contributed by atoms with Crippen LogP contribution in [0.5, 0.6) is 5.75 Å². The van der Waals surface area contributed by atoms with Crippen molar-refractivity contribution in [3.8, 4) is 5.75 Å². The van der Waals surface area contributed by atoms with E-state index in [0.717, 1.165) is 12.3 Å². The van der Waals surface area contributed by atoms with Crippen molar-refractivity contribution >= 4 is 6.09 Å². The molecule has 1 aliphatic carbocycles. The Morgan fingerprint density at radius 3 is 2.40 bits per heavy atom. The van der Waals surface area contributed by atoms with Gasteiger partial charge in [-0.25, -0.2) is 4.79 Å². The summed E-state index contributed by atoms with van der Waals surface area (Å²) < 4.78 is 5.88. The summed E-state index contributed by atoms with van der Waals surface area (Å²) in [4.78, 5) is 8.78. The Balaban J connectivity index is 0.000000511. The largest absolute Gasteiger partial charge is 0.489 e. The van der Waals surface area contributed by atoms with Gasteiger partial charge < -0.3 is 20.9 Å². The van der Waals surface area contributed by atoms with Gasteiger partial charge in [0.25, 0.3) is 0 Å². The lowest BCUT2D eigenvalue weighted by atomic mass is 10.2. The lowest BCUT2D eigenvalue weighted by Gasteiger charge is -2.13.